The number of ether oxygens (including phenoxy) is 1. The number of nitrogens with one attached hydrogen (secondary N) is 1. The molecule has 1 aliphatic rings. The van der Waals surface area contributed by atoms with Crippen LogP contribution in [0.3, 0.4) is 0 Å². The highest BCUT2D eigenvalue weighted by Gasteiger charge is 2.36. The Morgan fingerprint density at radius 3 is 2.89 bits per heavy atom. The molecular formula is C19H17FN6O. The van der Waals surface area contributed by atoms with Gasteiger partial charge in [-0.3, -0.25) is 10.1 Å². The molecule has 0 amide bonds. The van der Waals surface area contributed by atoms with E-state index in [9.17, 15) is 4.39 Å². The average Bonchev–Trinajstić information content (AvgIpc) is 3.26. The van der Waals surface area contributed by atoms with E-state index >= 15 is 0 Å². The summed E-state index contributed by atoms with van der Waals surface area (Å²) in [7, 11) is 0. The van der Waals surface area contributed by atoms with Crippen LogP contribution < -0.4 is 4.74 Å². The van der Waals surface area contributed by atoms with E-state index in [1.807, 2.05) is 31.5 Å². The summed E-state index contributed by atoms with van der Waals surface area (Å²) in [4.78, 5) is 8.72. The maximum Gasteiger partial charge on any atom is 0.221 e. The molecular weight excluding hydrogens is 347 g/mol. The van der Waals surface area contributed by atoms with Crippen LogP contribution in [0.4, 0.5) is 4.39 Å². The van der Waals surface area contributed by atoms with Crippen molar-refractivity contribution in [1.82, 2.24) is 29.9 Å². The Bertz CT molecular complexity index is 1180. The van der Waals surface area contributed by atoms with Crippen LogP contribution in [0.2, 0.25) is 0 Å². The van der Waals surface area contributed by atoms with Crippen molar-refractivity contribution >= 4 is 11.0 Å². The number of halogens is 1. The van der Waals surface area contributed by atoms with E-state index in [-0.39, 0.29) is 11.4 Å². The SMILES string of the molecule is Cc1cc(-c2c(-c3ccc(F)cn3)nn3c2OC(C)(C)C3)c2cn[nH]c2n1. The fourth-order valence-electron chi connectivity index (χ4n) is 3.51. The first-order valence-corrected chi connectivity index (χ1v) is 8.64. The van der Waals surface area contributed by atoms with Crippen molar-refractivity contribution < 1.29 is 9.13 Å². The number of aromatic nitrogens is 6. The van der Waals surface area contributed by atoms with Crippen LogP contribution in [0.1, 0.15) is 19.5 Å². The average molecular weight is 364 g/mol. The van der Waals surface area contributed by atoms with Gasteiger partial charge in [-0.15, -0.1) is 0 Å². The van der Waals surface area contributed by atoms with E-state index in [0.717, 1.165) is 22.2 Å². The molecule has 0 saturated carbocycles. The summed E-state index contributed by atoms with van der Waals surface area (Å²) in [6.07, 6.45) is 2.93. The first-order valence-electron chi connectivity index (χ1n) is 8.64. The Balaban J connectivity index is 1.82. The highest BCUT2D eigenvalue weighted by atomic mass is 19.1. The van der Waals surface area contributed by atoms with Crippen LogP contribution in [0.5, 0.6) is 5.88 Å². The van der Waals surface area contributed by atoms with Crippen molar-refractivity contribution in [2.75, 3.05) is 0 Å². The van der Waals surface area contributed by atoms with Gasteiger partial charge in [-0.2, -0.15) is 10.2 Å². The van der Waals surface area contributed by atoms with Crippen molar-refractivity contribution in [2.24, 2.45) is 0 Å². The van der Waals surface area contributed by atoms with E-state index < -0.39 is 0 Å². The fraction of sp³-hybridized carbons (Fsp3) is 0.263. The number of aryl methyl sites for hydroxylation is 1. The third-order valence-corrected chi connectivity index (χ3v) is 4.60. The van der Waals surface area contributed by atoms with E-state index in [4.69, 9.17) is 9.84 Å². The minimum absolute atomic E-state index is 0.358. The second-order valence-electron chi connectivity index (χ2n) is 7.35. The highest BCUT2D eigenvalue weighted by Crippen LogP contribution is 2.45. The molecule has 1 N–H and O–H groups in total. The van der Waals surface area contributed by atoms with Gasteiger partial charge in [0, 0.05) is 16.6 Å². The third-order valence-electron chi connectivity index (χ3n) is 4.60. The minimum atomic E-state index is -0.388. The van der Waals surface area contributed by atoms with Gasteiger partial charge in [0.2, 0.25) is 5.88 Å². The Morgan fingerprint density at radius 1 is 1.26 bits per heavy atom. The number of hydrogen-bond acceptors (Lipinski definition) is 5. The van der Waals surface area contributed by atoms with Crippen molar-refractivity contribution in [3.8, 4) is 28.4 Å². The Kier molecular flexibility index (Phi) is 3.16. The molecule has 0 bridgehead atoms. The van der Waals surface area contributed by atoms with Gasteiger partial charge in [-0.1, -0.05) is 0 Å². The van der Waals surface area contributed by atoms with Gasteiger partial charge in [0.25, 0.3) is 0 Å². The quantitative estimate of drug-likeness (QED) is 0.589. The van der Waals surface area contributed by atoms with Crippen LogP contribution in [0, 0.1) is 12.7 Å². The Morgan fingerprint density at radius 2 is 2.11 bits per heavy atom. The van der Waals surface area contributed by atoms with Crippen molar-refractivity contribution in [1.29, 1.82) is 0 Å². The molecule has 5 rings (SSSR count). The summed E-state index contributed by atoms with van der Waals surface area (Å²) < 4.78 is 21.4. The lowest BCUT2D eigenvalue weighted by Gasteiger charge is -2.17. The first kappa shape index (κ1) is 15.9. The third kappa shape index (κ3) is 2.48. The van der Waals surface area contributed by atoms with Crippen LogP contribution in [0.25, 0.3) is 33.5 Å². The van der Waals surface area contributed by atoms with Gasteiger partial charge in [-0.25, -0.2) is 14.1 Å². The van der Waals surface area contributed by atoms with Crippen molar-refractivity contribution in [2.45, 2.75) is 32.9 Å². The smallest absolute Gasteiger partial charge is 0.221 e. The molecule has 136 valence electrons. The number of nitrogens with zero attached hydrogens (tertiary/aromatic N) is 5. The summed E-state index contributed by atoms with van der Waals surface area (Å²) in [6.45, 7) is 6.59. The lowest BCUT2D eigenvalue weighted by molar-refractivity contribution is 0.136. The molecule has 0 aliphatic carbocycles. The summed E-state index contributed by atoms with van der Waals surface area (Å²) in [5, 5.41) is 12.7. The second-order valence-corrected chi connectivity index (χ2v) is 7.35. The second kappa shape index (κ2) is 5.35. The molecule has 27 heavy (non-hydrogen) atoms. The zero-order valence-corrected chi connectivity index (χ0v) is 15.1. The molecule has 0 unspecified atom stereocenters. The van der Waals surface area contributed by atoms with E-state index in [1.54, 1.807) is 12.3 Å². The van der Waals surface area contributed by atoms with E-state index in [0.29, 0.717) is 29.5 Å². The molecule has 0 aromatic carbocycles. The van der Waals surface area contributed by atoms with Crippen LogP contribution >= 0.6 is 0 Å². The molecule has 0 saturated heterocycles. The van der Waals surface area contributed by atoms with Gasteiger partial charge >= 0.3 is 0 Å². The summed E-state index contributed by atoms with van der Waals surface area (Å²) in [5.41, 5.74) is 4.14. The normalized spacial score (nSPS) is 15.1. The van der Waals surface area contributed by atoms with E-state index in [1.165, 1.54) is 12.3 Å². The van der Waals surface area contributed by atoms with E-state index in [2.05, 4.69) is 20.2 Å². The molecule has 4 aromatic rings. The maximum absolute atomic E-state index is 13.4. The molecule has 0 atom stereocenters. The van der Waals surface area contributed by atoms with Crippen LogP contribution in [-0.2, 0) is 6.54 Å². The summed E-state index contributed by atoms with van der Waals surface area (Å²) >= 11 is 0. The lowest BCUT2D eigenvalue weighted by Crippen LogP contribution is -2.26. The van der Waals surface area contributed by atoms with Gasteiger partial charge < -0.3 is 4.74 Å². The zero-order valence-electron chi connectivity index (χ0n) is 15.1. The van der Waals surface area contributed by atoms with Gasteiger partial charge in [0.1, 0.15) is 17.1 Å². The lowest BCUT2D eigenvalue weighted by atomic mass is 10.0. The number of aromatic amines is 1. The number of rotatable bonds is 2. The molecule has 1 aliphatic heterocycles. The zero-order chi connectivity index (χ0) is 18.8. The molecule has 0 radical (unpaired) electrons. The monoisotopic (exact) mass is 364 g/mol. The number of H-pyrrole nitrogens is 1. The topological polar surface area (TPSA) is 81.5 Å². The molecule has 4 aromatic heterocycles. The summed E-state index contributed by atoms with van der Waals surface area (Å²) in [6, 6.07) is 4.99. The molecule has 5 heterocycles. The van der Waals surface area contributed by atoms with Crippen molar-refractivity contribution in [3.05, 3.63) is 42.1 Å². The van der Waals surface area contributed by atoms with Crippen molar-refractivity contribution in [3.63, 3.8) is 0 Å². The fourth-order valence-corrected chi connectivity index (χ4v) is 3.51. The highest BCUT2D eigenvalue weighted by molar-refractivity contribution is 5.98. The Labute approximate surface area is 154 Å². The molecule has 8 heteroatoms. The van der Waals surface area contributed by atoms with Crippen LogP contribution in [-0.4, -0.2) is 35.5 Å². The number of fused-ring (bicyclic) bond motifs is 2. The molecule has 0 spiro atoms. The largest absolute Gasteiger partial charge is 0.469 e. The number of hydrogen-bond donors (Lipinski definition) is 1. The maximum atomic E-state index is 13.4. The predicted octanol–water partition coefficient (Wildman–Crippen LogP) is 3.50. The minimum Gasteiger partial charge on any atom is -0.469 e. The standard InChI is InChI=1S/C19H17FN6O/c1-10-6-12(13-8-22-24-17(13)23-10)15-16(14-5-4-11(20)7-21-14)25-26-9-19(2,3)27-18(15)26/h4-8H,9H2,1-3H3,(H,22,23,24). The van der Waals surface area contributed by atoms with Gasteiger partial charge in [-0.05, 0) is 39.0 Å². The molecule has 7 nitrogen and oxygen atoms in total. The Hall–Kier alpha value is -3.29. The number of pyridine rings is 2. The molecule has 0 fully saturated rings. The summed E-state index contributed by atoms with van der Waals surface area (Å²) in [5.74, 6) is 0.288. The van der Waals surface area contributed by atoms with Gasteiger partial charge in [0.05, 0.1) is 30.2 Å². The first-order chi connectivity index (χ1) is 12.9. The van der Waals surface area contributed by atoms with Gasteiger partial charge in [0.15, 0.2) is 5.65 Å². The predicted molar refractivity (Wildman–Crippen MR) is 97.7 cm³/mol. The van der Waals surface area contributed by atoms with Crippen LogP contribution in [0.15, 0.2) is 30.6 Å².